The first kappa shape index (κ1) is 22.9. The summed E-state index contributed by atoms with van der Waals surface area (Å²) in [6.07, 6.45) is 3.22. The van der Waals surface area contributed by atoms with Gasteiger partial charge in [-0.3, -0.25) is 0 Å². The van der Waals surface area contributed by atoms with Crippen LogP contribution in [0.4, 0.5) is 0 Å². The molecule has 0 saturated heterocycles. The predicted octanol–water partition coefficient (Wildman–Crippen LogP) is 2.97. The Morgan fingerprint density at radius 2 is 1.56 bits per heavy atom. The standard InChI is InChI=1S/C20H35N3O4/c1-6-8-11-27-12-9-10-22-20(21-7-2)23-15-16-13-18(25-4)19(26-5)14-17(16)24-3/h13-14H,6-12,15H2,1-5H3,(H2,21,22,23). The molecule has 0 unspecified atom stereocenters. The molecule has 0 heterocycles. The van der Waals surface area contributed by atoms with Gasteiger partial charge in [0.25, 0.3) is 0 Å². The van der Waals surface area contributed by atoms with Crippen LogP contribution in [0.2, 0.25) is 0 Å². The van der Waals surface area contributed by atoms with Crippen LogP contribution in [-0.2, 0) is 11.3 Å². The monoisotopic (exact) mass is 381 g/mol. The molecule has 2 N–H and O–H groups in total. The third-order valence-corrected chi connectivity index (χ3v) is 3.94. The number of aliphatic imine (C=N–C) groups is 1. The summed E-state index contributed by atoms with van der Waals surface area (Å²) < 4.78 is 21.7. The number of guanidine groups is 1. The molecular weight excluding hydrogens is 346 g/mol. The smallest absolute Gasteiger partial charge is 0.191 e. The van der Waals surface area contributed by atoms with E-state index in [1.165, 1.54) is 0 Å². The first-order chi connectivity index (χ1) is 13.2. The van der Waals surface area contributed by atoms with Crippen molar-refractivity contribution in [2.24, 2.45) is 4.99 Å². The Kier molecular flexibility index (Phi) is 11.8. The van der Waals surface area contributed by atoms with E-state index in [0.717, 1.165) is 62.8 Å². The molecule has 0 aliphatic carbocycles. The van der Waals surface area contributed by atoms with Crippen molar-refractivity contribution in [2.45, 2.75) is 39.7 Å². The summed E-state index contributed by atoms with van der Waals surface area (Å²) in [6.45, 7) is 7.87. The van der Waals surface area contributed by atoms with Gasteiger partial charge < -0.3 is 29.6 Å². The molecule has 154 valence electrons. The fourth-order valence-electron chi connectivity index (χ4n) is 2.45. The largest absolute Gasteiger partial charge is 0.496 e. The predicted molar refractivity (Wildman–Crippen MR) is 109 cm³/mol. The quantitative estimate of drug-likeness (QED) is 0.311. The number of unbranched alkanes of at least 4 members (excludes halogenated alkanes) is 1. The third-order valence-electron chi connectivity index (χ3n) is 3.94. The molecule has 27 heavy (non-hydrogen) atoms. The number of nitrogens with zero attached hydrogens (tertiary/aromatic N) is 1. The summed E-state index contributed by atoms with van der Waals surface area (Å²) >= 11 is 0. The number of methoxy groups -OCH3 is 3. The van der Waals surface area contributed by atoms with E-state index in [2.05, 4.69) is 22.5 Å². The highest BCUT2D eigenvalue weighted by Gasteiger charge is 2.11. The highest BCUT2D eigenvalue weighted by atomic mass is 16.5. The molecule has 1 aromatic carbocycles. The number of rotatable bonds is 13. The average molecular weight is 382 g/mol. The van der Waals surface area contributed by atoms with E-state index in [1.54, 1.807) is 21.3 Å². The molecule has 0 saturated carbocycles. The fourth-order valence-corrected chi connectivity index (χ4v) is 2.45. The van der Waals surface area contributed by atoms with E-state index in [-0.39, 0.29) is 0 Å². The molecule has 7 nitrogen and oxygen atoms in total. The van der Waals surface area contributed by atoms with Gasteiger partial charge in [0, 0.05) is 37.9 Å². The van der Waals surface area contributed by atoms with Gasteiger partial charge in [0.15, 0.2) is 17.5 Å². The highest BCUT2D eigenvalue weighted by molar-refractivity contribution is 5.79. The second-order valence-corrected chi connectivity index (χ2v) is 5.96. The summed E-state index contributed by atoms with van der Waals surface area (Å²) in [5, 5.41) is 6.59. The number of benzene rings is 1. The SMILES string of the molecule is CCCCOCCCNC(=NCc1cc(OC)c(OC)cc1OC)NCC. The fraction of sp³-hybridized carbons (Fsp3) is 0.650. The Balaban J connectivity index is 2.66. The maximum absolute atomic E-state index is 5.58. The minimum absolute atomic E-state index is 0.464. The van der Waals surface area contributed by atoms with Crippen molar-refractivity contribution < 1.29 is 18.9 Å². The van der Waals surface area contributed by atoms with Crippen molar-refractivity contribution in [2.75, 3.05) is 47.6 Å². The lowest BCUT2D eigenvalue weighted by molar-refractivity contribution is 0.129. The lowest BCUT2D eigenvalue weighted by Crippen LogP contribution is -2.38. The first-order valence-electron chi connectivity index (χ1n) is 9.58. The van der Waals surface area contributed by atoms with Gasteiger partial charge in [0.05, 0.1) is 27.9 Å². The summed E-state index contributed by atoms with van der Waals surface area (Å²) in [6, 6.07) is 3.71. The Bertz CT molecular complexity index is 564. The lowest BCUT2D eigenvalue weighted by Gasteiger charge is -2.14. The molecule has 0 aliphatic rings. The summed E-state index contributed by atoms with van der Waals surface area (Å²) in [4.78, 5) is 4.65. The maximum Gasteiger partial charge on any atom is 0.191 e. The van der Waals surface area contributed by atoms with E-state index >= 15 is 0 Å². The molecule has 0 amide bonds. The minimum Gasteiger partial charge on any atom is -0.496 e. The Morgan fingerprint density at radius 3 is 2.19 bits per heavy atom. The van der Waals surface area contributed by atoms with Gasteiger partial charge in [0.1, 0.15) is 5.75 Å². The summed E-state index contributed by atoms with van der Waals surface area (Å²) in [5.41, 5.74) is 0.926. The van der Waals surface area contributed by atoms with Gasteiger partial charge in [-0.25, -0.2) is 4.99 Å². The van der Waals surface area contributed by atoms with Crippen LogP contribution in [0.25, 0.3) is 0 Å². The summed E-state index contributed by atoms with van der Waals surface area (Å²) in [7, 11) is 4.86. The normalized spacial score (nSPS) is 11.2. The molecule has 7 heteroatoms. The van der Waals surface area contributed by atoms with Crippen LogP contribution >= 0.6 is 0 Å². The van der Waals surface area contributed by atoms with E-state index in [1.807, 2.05) is 19.1 Å². The summed E-state index contributed by atoms with van der Waals surface area (Å²) in [5.74, 6) is 2.78. The van der Waals surface area contributed by atoms with Gasteiger partial charge in [0.2, 0.25) is 0 Å². The second kappa shape index (κ2) is 14.0. The Hall–Kier alpha value is -2.15. The van der Waals surface area contributed by atoms with E-state index in [4.69, 9.17) is 18.9 Å². The van der Waals surface area contributed by atoms with Crippen LogP contribution in [0.5, 0.6) is 17.2 Å². The van der Waals surface area contributed by atoms with Crippen molar-refractivity contribution in [3.63, 3.8) is 0 Å². The van der Waals surface area contributed by atoms with Crippen molar-refractivity contribution >= 4 is 5.96 Å². The van der Waals surface area contributed by atoms with Crippen LogP contribution in [0.15, 0.2) is 17.1 Å². The highest BCUT2D eigenvalue weighted by Crippen LogP contribution is 2.34. The van der Waals surface area contributed by atoms with Gasteiger partial charge >= 0.3 is 0 Å². The van der Waals surface area contributed by atoms with E-state index in [0.29, 0.717) is 18.0 Å². The van der Waals surface area contributed by atoms with Crippen LogP contribution in [0, 0.1) is 0 Å². The van der Waals surface area contributed by atoms with Crippen LogP contribution in [0.3, 0.4) is 0 Å². The minimum atomic E-state index is 0.464. The molecule has 0 aromatic heterocycles. The Labute approximate surface area is 163 Å². The number of ether oxygens (including phenoxy) is 4. The van der Waals surface area contributed by atoms with Crippen molar-refractivity contribution in [3.05, 3.63) is 17.7 Å². The van der Waals surface area contributed by atoms with Gasteiger partial charge in [-0.1, -0.05) is 13.3 Å². The van der Waals surface area contributed by atoms with Gasteiger partial charge in [-0.2, -0.15) is 0 Å². The van der Waals surface area contributed by atoms with Crippen molar-refractivity contribution in [1.82, 2.24) is 10.6 Å². The topological polar surface area (TPSA) is 73.3 Å². The average Bonchev–Trinajstić information content (AvgIpc) is 2.70. The van der Waals surface area contributed by atoms with Crippen LogP contribution in [0.1, 0.15) is 38.7 Å². The molecule has 0 radical (unpaired) electrons. The van der Waals surface area contributed by atoms with Gasteiger partial charge in [-0.15, -0.1) is 0 Å². The van der Waals surface area contributed by atoms with E-state index in [9.17, 15) is 0 Å². The van der Waals surface area contributed by atoms with Crippen molar-refractivity contribution in [3.8, 4) is 17.2 Å². The van der Waals surface area contributed by atoms with Crippen molar-refractivity contribution in [1.29, 1.82) is 0 Å². The lowest BCUT2D eigenvalue weighted by atomic mass is 10.1. The Morgan fingerprint density at radius 1 is 0.889 bits per heavy atom. The van der Waals surface area contributed by atoms with Crippen LogP contribution < -0.4 is 24.8 Å². The molecule has 1 rings (SSSR count). The first-order valence-corrected chi connectivity index (χ1v) is 9.58. The second-order valence-electron chi connectivity index (χ2n) is 5.96. The molecule has 0 spiro atoms. The maximum atomic E-state index is 5.58. The van der Waals surface area contributed by atoms with Crippen LogP contribution in [-0.4, -0.2) is 53.6 Å². The molecule has 0 atom stereocenters. The van der Waals surface area contributed by atoms with Gasteiger partial charge in [-0.05, 0) is 25.8 Å². The molecular formula is C20H35N3O4. The molecule has 0 bridgehead atoms. The number of nitrogens with one attached hydrogen (secondary N) is 2. The zero-order valence-corrected chi connectivity index (χ0v) is 17.4. The zero-order chi connectivity index (χ0) is 19.9. The molecule has 0 fully saturated rings. The molecule has 0 aliphatic heterocycles. The third kappa shape index (κ3) is 8.39. The zero-order valence-electron chi connectivity index (χ0n) is 17.4. The number of hydrogen-bond donors (Lipinski definition) is 2. The molecule has 1 aromatic rings. The van der Waals surface area contributed by atoms with E-state index < -0.39 is 0 Å². The number of hydrogen-bond acceptors (Lipinski definition) is 5.